The summed E-state index contributed by atoms with van der Waals surface area (Å²) in [6.45, 7) is 3.60. The van der Waals surface area contributed by atoms with Crippen LogP contribution < -0.4 is 4.72 Å². The molecule has 0 radical (unpaired) electrons. The summed E-state index contributed by atoms with van der Waals surface area (Å²) in [5.41, 5.74) is 2.93. The van der Waals surface area contributed by atoms with Gasteiger partial charge in [0.2, 0.25) is 15.8 Å². The number of rotatable bonds is 8. The SMILES string of the molecule is CCc1ccc(CC)c(C(=O)COC(=O)c2cccc(NS(C)(=O)=O)c2)c1. The zero-order valence-electron chi connectivity index (χ0n) is 15.6. The van der Waals surface area contributed by atoms with Crippen LogP contribution in [-0.4, -0.2) is 33.0 Å². The molecule has 2 aromatic rings. The molecule has 0 aliphatic rings. The van der Waals surface area contributed by atoms with Crippen molar-refractivity contribution in [3.8, 4) is 0 Å². The number of benzene rings is 2. The smallest absolute Gasteiger partial charge is 0.338 e. The molecular formula is C20H23NO5S. The number of ketones is 1. The minimum atomic E-state index is -3.45. The number of ether oxygens (including phenoxy) is 1. The highest BCUT2D eigenvalue weighted by molar-refractivity contribution is 7.92. The maximum atomic E-state index is 12.5. The molecule has 0 atom stereocenters. The topological polar surface area (TPSA) is 89.5 Å². The molecule has 0 bridgehead atoms. The number of carbonyl (C=O) groups is 2. The molecule has 2 aromatic carbocycles. The maximum absolute atomic E-state index is 12.5. The molecule has 27 heavy (non-hydrogen) atoms. The fraction of sp³-hybridized carbons (Fsp3) is 0.300. The Morgan fingerprint density at radius 1 is 1.04 bits per heavy atom. The van der Waals surface area contributed by atoms with E-state index in [1.165, 1.54) is 24.3 Å². The van der Waals surface area contributed by atoms with Crippen molar-refractivity contribution in [2.45, 2.75) is 26.7 Å². The van der Waals surface area contributed by atoms with Gasteiger partial charge in [0.1, 0.15) is 0 Å². The van der Waals surface area contributed by atoms with Gasteiger partial charge in [0, 0.05) is 11.3 Å². The second kappa shape index (κ2) is 8.81. The van der Waals surface area contributed by atoms with Gasteiger partial charge in [0.25, 0.3) is 0 Å². The normalized spacial score (nSPS) is 11.1. The van der Waals surface area contributed by atoms with Gasteiger partial charge in [-0.15, -0.1) is 0 Å². The van der Waals surface area contributed by atoms with Gasteiger partial charge in [-0.2, -0.15) is 0 Å². The molecule has 6 nitrogen and oxygen atoms in total. The minimum Gasteiger partial charge on any atom is -0.454 e. The predicted molar refractivity (Wildman–Crippen MR) is 105 cm³/mol. The van der Waals surface area contributed by atoms with Crippen molar-refractivity contribution in [3.05, 3.63) is 64.7 Å². The van der Waals surface area contributed by atoms with E-state index in [0.717, 1.165) is 23.8 Å². The fourth-order valence-electron chi connectivity index (χ4n) is 2.63. The Kier molecular flexibility index (Phi) is 6.74. The lowest BCUT2D eigenvalue weighted by atomic mass is 9.98. The van der Waals surface area contributed by atoms with Crippen LogP contribution in [0.15, 0.2) is 42.5 Å². The standard InChI is InChI=1S/C20H23NO5S/c1-4-14-9-10-15(5-2)18(11-14)19(22)13-26-20(23)16-7-6-8-17(12-16)21-27(3,24)25/h6-12,21H,4-5,13H2,1-3H3. The molecule has 2 rings (SSSR count). The highest BCUT2D eigenvalue weighted by Crippen LogP contribution is 2.16. The quantitative estimate of drug-likeness (QED) is 0.553. The van der Waals surface area contributed by atoms with Crippen molar-refractivity contribution in [1.82, 2.24) is 0 Å². The average molecular weight is 389 g/mol. The molecule has 0 aliphatic heterocycles. The number of Topliss-reactive ketones (excluding diaryl/α,β-unsaturated/α-hetero) is 1. The zero-order valence-corrected chi connectivity index (χ0v) is 16.4. The van der Waals surface area contributed by atoms with Crippen molar-refractivity contribution in [1.29, 1.82) is 0 Å². The molecule has 7 heteroatoms. The molecule has 0 saturated heterocycles. The number of carbonyl (C=O) groups excluding carboxylic acids is 2. The summed E-state index contributed by atoms with van der Waals surface area (Å²) in [7, 11) is -3.45. The lowest BCUT2D eigenvalue weighted by Gasteiger charge is -2.10. The second-order valence-electron chi connectivity index (χ2n) is 6.15. The summed E-state index contributed by atoms with van der Waals surface area (Å²) in [6.07, 6.45) is 2.54. The van der Waals surface area contributed by atoms with Crippen molar-refractivity contribution in [3.63, 3.8) is 0 Å². The number of hydrogen-bond donors (Lipinski definition) is 1. The molecule has 0 amide bonds. The van der Waals surface area contributed by atoms with Crippen LogP contribution in [0.3, 0.4) is 0 Å². The predicted octanol–water partition coefficient (Wildman–Crippen LogP) is 3.22. The van der Waals surface area contributed by atoms with Gasteiger partial charge in [0.15, 0.2) is 6.61 Å². The molecule has 0 fully saturated rings. The number of aryl methyl sites for hydroxylation is 2. The third-order valence-corrected chi connectivity index (χ3v) is 4.61. The van der Waals surface area contributed by atoms with Crippen molar-refractivity contribution in [2.75, 3.05) is 17.6 Å². The van der Waals surface area contributed by atoms with Crippen molar-refractivity contribution < 1.29 is 22.7 Å². The van der Waals surface area contributed by atoms with Gasteiger partial charge in [-0.25, -0.2) is 13.2 Å². The number of sulfonamides is 1. The zero-order chi connectivity index (χ0) is 20.0. The largest absolute Gasteiger partial charge is 0.454 e. The van der Waals surface area contributed by atoms with E-state index in [1.807, 2.05) is 32.0 Å². The summed E-state index contributed by atoms with van der Waals surface area (Å²) in [5.74, 6) is -0.953. The van der Waals surface area contributed by atoms with E-state index in [9.17, 15) is 18.0 Å². The Hall–Kier alpha value is -2.67. The number of nitrogens with one attached hydrogen (secondary N) is 1. The summed E-state index contributed by atoms with van der Waals surface area (Å²) >= 11 is 0. The first-order valence-electron chi connectivity index (χ1n) is 8.63. The van der Waals surface area contributed by atoms with Gasteiger partial charge in [-0.1, -0.05) is 32.0 Å². The van der Waals surface area contributed by atoms with Gasteiger partial charge in [-0.3, -0.25) is 9.52 Å². The molecule has 0 saturated carbocycles. The second-order valence-corrected chi connectivity index (χ2v) is 7.90. The maximum Gasteiger partial charge on any atom is 0.338 e. The van der Waals surface area contributed by atoms with E-state index in [1.54, 1.807) is 0 Å². The van der Waals surface area contributed by atoms with Crippen molar-refractivity contribution >= 4 is 27.5 Å². The molecule has 0 heterocycles. The van der Waals surface area contributed by atoms with Gasteiger partial charge < -0.3 is 4.74 Å². The Morgan fingerprint density at radius 2 is 1.78 bits per heavy atom. The Morgan fingerprint density at radius 3 is 2.41 bits per heavy atom. The summed E-state index contributed by atoms with van der Waals surface area (Å²) in [6, 6.07) is 11.7. The lowest BCUT2D eigenvalue weighted by Crippen LogP contribution is -2.16. The van der Waals surface area contributed by atoms with E-state index in [-0.39, 0.29) is 23.6 Å². The van der Waals surface area contributed by atoms with Crippen LogP contribution in [0, 0.1) is 0 Å². The molecule has 144 valence electrons. The van der Waals surface area contributed by atoms with Crippen LogP contribution >= 0.6 is 0 Å². The van der Waals surface area contributed by atoms with E-state index in [2.05, 4.69) is 4.72 Å². The number of hydrogen-bond acceptors (Lipinski definition) is 5. The molecule has 0 unspecified atom stereocenters. The lowest BCUT2D eigenvalue weighted by molar-refractivity contribution is 0.0474. The first kappa shape index (κ1) is 20.6. The first-order valence-corrected chi connectivity index (χ1v) is 10.5. The summed E-state index contributed by atoms with van der Waals surface area (Å²) < 4.78 is 30.0. The van der Waals surface area contributed by atoms with E-state index >= 15 is 0 Å². The van der Waals surface area contributed by atoms with Gasteiger partial charge in [0.05, 0.1) is 11.8 Å². The van der Waals surface area contributed by atoms with Gasteiger partial charge in [-0.05, 0) is 48.2 Å². The van der Waals surface area contributed by atoms with Crippen LogP contribution in [0.1, 0.15) is 45.7 Å². The minimum absolute atomic E-state index is 0.162. The Bertz CT molecular complexity index is 951. The Labute approximate surface area is 159 Å². The fourth-order valence-corrected chi connectivity index (χ4v) is 3.18. The number of esters is 1. The van der Waals surface area contributed by atoms with Crippen LogP contribution in [0.5, 0.6) is 0 Å². The highest BCUT2D eigenvalue weighted by Gasteiger charge is 2.15. The molecular weight excluding hydrogens is 366 g/mol. The van der Waals surface area contributed by atoms with Crippen LogP contribution in [0.2, 0.25) is 0 Å². The Balaban J connectivity index is 2.09. The van der Waals surface area contributed by atoms with Gasteiger partial charge >= 0.3 is 5.97 Å². The van der Waals surface area contributed by atoms with Crippen LogP contribution in [-0.2, 0) is 27.6 Å². The third kappa shape index (κ3) is 5.92. The summed E-state index contributed by atoms with van der Waals surface area (Å²) in [4.78, 5) is 24.7. The molecule has 0 spiro atoms. The molecule has 0 aliphatic carbocycles. The average Bonchev–Trinajstić information content (AvgIpc) is 2.64. The van der Waals surface area contributed by atoms with E-state index in [0.29, 0.717) is 12.0 Å². The van der Waals surface area contributed by atoms with Crippen LogP contribution in [0.4, 0.5) is 5.69 Å². The van der Waals surface area contributed by atoms with E-state index in [4.69, 9.17) is 4.74 Å². The van der Waals surface area contributed by atoms with E-state index < -0.39 is 16.0 Å². The van der Waals surface area contributed by atoms with Crippen LogP contribution in [0.25, 0.3) is 0 Å². The number of anilines is 1. The summed E-state index contributed by atoms with van der Waals surface area (Å²) in [5, 5.41) is 0. The first-order chi connectivity index (χ1) is 12.7. The third-order valence-electron chi connectivity index (χ3n) is 4.00. The van der Waals surface area contributed by atoms with Crippen molar-refractivity contribution in [2.24, 2.45) is 0 Å². The monoisotopic (exact) mass is 389 g/mol. The molecule has 1 N–H and O–H groups in total. The molecule has 0 aromatic heterocycles. The highest BCUT2D eigenvalue weighted by atomic mass is 32.2.